The van der Waals surface area contributed by atoms with Gasteiger partial charge in [-0.25, -0.2) is 4.79 Å². The molecule has 1 saturated heterocycles. The van der Waals surface area contributed by atoms with Gasteiger partial charge in [0.1, 0.15) is 5.75 Å². The number of esters is 2. The Bertz CT molecular complexity index is 1460. The maximum atomic E-state index is 13.9. The predicted octanol–water partition coefficient (Wildman–Crippen LogP) is 7.27. The van der Waals surface area contributed by atoms with Gasteiger partial charge in [-0.2, -0.15) is 0 Å². The summed E-state index contributed by atoms with van der Waals surface area (Å²) in [6.45, 7) is 21.8. The molecule has 0 radical (unpaired) electrons. The van der Waals surface area contributed by atoms with Gasteiger partial charge in [0.05, 0.1) is 18.6 Å². The van der Waals surface area contributed by atoms with Crippen molar-refractivity contribution in [2.24, 2.45) is 5.92 Å². The zero-order chi connectivity index (χ0) is 32.9. The first-order valence-electron chi connectivity index (χ1n) is 16.0. The first kappa shape index (κ1) is 35.2. The smallest absolute Gasteiger partial charge is 0.345 e. The van der Waals surface area contributed by atoms with E-state index < -0.39 is 26.2 Å². The van der Waals surface area contributed by atoms with Crippen LogP contribution in [0.4, 0.5) is 0 Å². The van der Waals surface area contributed by atoms with E-state index in [0.29, 0.717) is 17.3 Å². The summed E-state index contributed by atoms with van der Waals surface area (Å²) in [7, 11) is -0.0977. The number of benzene rings is 2. The predicted molar refractivity (Wildman–Crippen MR) is 184 cm³/mol. The van der Waals surface area contributed by atoms with Crippen molar-refractivity contribution >= 4 is 42.8 Å². The number of nitrogens with zero attached hydrogens (tertiary/aromatic N) is 2. The van der Waals surface area contributed by atoms with Crippen LogP contribution >= 0.6 is 11.6 Å². The first-order valence-corrected chi connectivity index (χ1v) is 19.2. The quantitative estimate of drug-likeness (QED) is 0.0951. The summed E-state index contributed by atoms with van der Waals surface area (Å²) in [4.78, 5) is 35.3. The second kappa shape index (κ2) is 14.8. The fourth-order valence-corrected chi connectivity index (χ4v) is 7.04. The van der Waals surface area contributed by atoms with Crippen LogP contribution in [0.1, 0.15) is 61.6 Å². The van der Waals surface area contributed by atoms with Crippen LogP contribution in [0.25, 0.3) is 10.9 Å². The van der Waals surface area contributed by atoms with Crippen molar-refractivity contribution in [2.45, 2.75) is 65.1 Å². The summed E-state index contributed by atoms with van der Waals surface area (Å²) < 4.78 is 17.4. The van der Waals surface area contributed by atoms with Crippen molar-refractivity contribution in [3.05, 3.63) is 64.3 Å². The number of hydrogen-bond donors (Lipinski definition) is 1. The number of carbonyl (C=O) groups is 2. The molecule has 1 aliphatic heterocycles. The lowest BCUT2D eigenvalue weighted by molar-refractivity contribution is -0.141. The maximum Gasteiger partial charge on any atom is 0.345 e. The lowest BCUT2D eigenvalue weighted by Crippen LogP contribution is -2.48. The molecule has 4 rings (SSSR count). The molecule has 10 heteroatoms. The summed E-state index contributed by atoms with van der Waals surface area (Å²) in [6, 6.07) is 12.1. The molecular formula is C35H50ClN3O5Si. The second-order valence-electron chi connectivity index (χ2n) is 13.9. The Hall–Kier alpha value is -2.69. The molecule has 8 nitrogen and oxygen atoms in total. The number of ether oxygens (including phenoxy) is 2. The van der Waals surface area contributed by atoms with Crippen molar-refractivity contribution in [1.82, 2.24) is 14.8 Å². The number of rotatable bonds is 12. The van der Waals surface area contributed by atoms with Crippen molar-refractivity contribution in [3.8, 4) is 5.75 Å². The molecule has 2 atom stereocenters. The van der Waals surface area contributed by atoms with Gasteiger partial charge < -0.3 is 28.7 Å². The third kappa shape index (κ3) is 8.77. The largest absolute Gasteiger partial charge is 0.497 e. The first-order chi connectivity index (χ1) is 21.2. The van der Waals surface area contributed by atoms with E-state index in [1.807, 2.05) is 25.1 Å². The number of hydrogen-bond acceptors (Lipinski definition) is 7. The molecular weight excluding hydrogens is 606 g/mol. The van der Waals surface area contributed by atoms with Crippen LogP contribution in [0.15, 0.2) is 42.5 Å². The molecule has 0 saturated carbocycles. The molecule has 0 amide bonds. The van der Waals surface area contributed by atoms with Gasteiger partial charge in [0, 0.05) is 67.5 Å². The second-order valence-corrected chi connectivity index (χ2v) is 19.1. The standard InChI is InChI=1S/C35H50ClN3O5Si/c1-24(23-39-19-17-38(18-20-39)16-9-21-43-45(7,8)35(3,4)5)31(34(41)44-33(40)26-10-12-27(36)13-11-26)32-25(2)37-30-15-14-28(42-6)22-29(30)32/h10-15,22,24,31,37H,9,16-21,23H2,1-8H3. The van der Waals surface area contributed by atoms with Crippen LogP contribution in [0.5, 0.6) is 5.75 Å². The number of aryl methyl sites for hydroxylation is 1. The van der Waals surface area contributed by atoms with E-state index in [1.165, 1.54) is 0 Å². The molecule has 1 N–H and O–H groups in total. The number of methoxy groups -OCH3 is 1. The Morgan fingerprint density at radius 3 is 2.29 bits per heavy atom. The molecule has 1 aliphatic rings. The number of nitrogens with one attached hydrogen (secondary N) is 1. The Labute approximate surface area is 274 Å². The van der Waals surface area contributed by atoms with Crippen LogP contribution in [0.2, 0.25) is 23.2 Å². The molecule has 1 aromatic heterocycles. The lowest BCUT2D eigenvalue weighted by atomic mass is 9.84. The van der Waals surface area contributed by atoms with Gasteiger partial charge in [0.25, 0.3) is 0 Å². The minimum atomic E-state index is -1.72. The fraction of sp³-hybridized carbons (Fsp3) is 0.543. The summed E-state index contributed by atoms with van der Waals surface area (Å²) in [5.74, 6) is -1.33. The normalized spacial score (nSPS) is 16.5. The lowest BCUT2D eigenvalue weighted by Gasteiger charge is -2.38. The van der Waals surface area contributed by atoms with Crippen molar-refractivity contribution in [2.75, 3.05) is 53.0 Å². The fourth-order valence-electron chi connectivity index (χ4n) is 5.83. The van der Waals surface area contributed by atoms with Gasteiger partial charge in [-0.3, -0.25) is 4.79 Å². The number of halogens is 1. The van der Waals surface area contributed by atoms with Crippen molar-refractivity contribution in [1.29, 1.82) is 0 Å². The van der Waals surface area contributed by atoms with Gasteiger partial charge in [0.15, 0.2) is 8.32 Å². The zero-order valence-corrected chi connectivity index (χ0v) is 29.9. The van der Waals surface area contributed by atoms with E-state index in [4.69, 9.17) is 25.5 Å². The Morgan fingerprint density at radius 2 is 1.67 bits per heavy atom. The number of piperazine rings is 1. The highest BCUT2D eigenvalue weighted by molar-refractivity contribution is 6.74. The van der Waals surface area contributed by atoms with Gasteiger partial charge in [0.2, 0.25) is 0 Å². The van der Waals surface area contributed by atoms with E-state index in [1.54, 1.807) is 31.4 Å². The van der Waals surface area contributed by atoms with E-state index in [9.17, 15) is 9.59 Å². The molecule has 2 aromatic carbocycles. The number of aromatic amines is 1. The van der Waals surface area contributed by atoms with Crippen LogP contribution in [0, 0.1) is 12.8 Å². The summed E-state index contributed by atoms with van der Waals surface area (Å²) in [5, 5.41) is 1.62. The molecule has 3 aromatic rings. The minimum absolute atomic E-state index is 0.121. The molecule has 2 unspecified atom stereocenters. The van der Waals surface area contributed by atoms with Gasteiger partial charge in [-0.1, -0.05) is 39.3 Å². The Kier molecular flexibility index (Phi) is 11.6. The maximum absolute atomic E-state index is 13.9. The monoisotopic (exact) mass is 655 g/mol. The summed E-state index contributed by atoms with van der Waals surface area (Å²) in [6.07, 6.45) is 1.03. The van der Waals surface area contributed by atoms with Crippen molar-refractivity contribution < 1.29 is 23.5 Å². The average Bonchev–Trinajstić information content (AvgIpc) is 3.30. The molecule has 0 aliphatic carbocycles. The summed E-state index contributed by atoms with van der Waals surface area (Å²) >= 11 is 6.00. The topological polar surface area (TPSA) is 84.1 Å². The number of aromatic nitrogens is 1. The number of carbonyl (C=O) groups excluding carboxylic acids is 2. The number of H-pyrrole nitrogens is 1. The van der Waals surface area contributed by atoms with Crippen molar-refractivity contribution in [3.63, 3.8) is 0 Å². The van der Waals surface area contributed by atoms with Crippen LogP contribution in [-0.4, -0.2) is 88.0 Å². The Morgan fingerprint density at radius 1 is 1.02 bits per heavy atom. The van der Waals surface area contributed by atoms with E-state index >= 15 is 0 Å². The zero-order valence-electron chi connectivity index (χ0n) is 28.2. The molecule has 2 heterocycles. The third-order valence-corrected chi connectivity index (χ3v) is 14.3. The van der Waals surface area contributed by atoms with Gasteiger partial charge in [-0.15, -0.1) is 0 Å². The highest BCUT2D eigenvalue weighted by Crippen LogP contribution is 2.38. The van der Waals surface area contributed by atoms with Gasteiger partial charge >= 0.3 is 11.9 Å². The molecule has 0 spiro atoms. The SMILES string of the molecule is COc1ccc2[nH]c(C)c(C(C(=O)OC(=O)c3ccc(Cl)cc3)C(C)CN3CCN(CCCO[Si](C)(C)C(C)(C)C)CC3)c2c1. The van der Waals surface area contributed by atoms with E-state index in [-0.39, 0.29) is 16.5 Å². The highest BCUT2D eigenvalue weighted by Gasteiger charge is 2.37. The molecule has 246 valence electrons. The van der Waals surface area contributed by atoms with E-state index in [0.717, 1.165) is 67.9 Å². The third-order valence-electron chi connectivity index (χ3n) is 9.55. The highest BCUT2D eigenvalue weighted by atomic mass is 35.5. The van der Waals surface area contributed by atoms with Crippen LogP contribution in [0.3, 0.4) is 0 Å². The van der Waals surface area contributed by atoms with E-state index in [2.05, 4.69) is 55.6 Å². The number of fused-ring (bicyclic) bond motifs is 1. The molecule has 45 heavy (non-hydrogen) atoms. The Balaban J connectivity index is 1.44. The average molecular weight is 656 g/mol. The molecule has 1 fully saturated rings. The van der Waals surface area contributed by atoms with Crippen LogP contribution in [-0.2, 0) is 14.0 Å². The summed E-state index contributed by atoms with van der Waals surface area (Å²) in [5.41, 5.74) is 2.90. The van der Waals surface area contributed by atoms with Gasteiger partial charge in [-0.05, 0) is 85.4 Å². The van der Waals surface area contributed by atoms with Crippen LogP contribution < -0.4 is 4.74 Å². The minimum Gasteiger partial charge on any atom is -0.497 e. The molecule has 0 bridgehead atoms.